The van der Waals surface area contributed by atoms with Crippen LogP contribution in [0, 0.1) is 0 Å². The highest BCUT2D eigenvalue weighted by molar-refractivity contribution is 8.00. The molecule has 3 rings (SSSR count). The molecule has 2 heterocycles. The van der Waals surface area contributed by atoms with E-state index in [1.54, 1.807) is 0 Å². The summed E-state index contributed by atoms with van der Waals surface area (Å²) in [6, 6.07) is 0.389. The van der Waals surface area contributed by atoms with Crippen LogP contribution in [-0.4, -0.2) is 50.6 Å². The lowest BCUT2D eigenvalue weighted by Gasteiger charge is -2.15. The lowest BCUT2D eigenvalue weighted by molar-refractivity contribution is -0.120. The summed E-state index contributed by atoms with van der Waals surface area (Å²) < 4.78 is 7.41. The first kappa shape index (κ1) is 15.7. The number of amides is 1. The van der Waals surface area contributed by atoms with Crippen LogP contribution >= 0.6 is 11.8 Å². The number of hydrogen-bond acceptors (Lipinski definition) is 6. The maximum absolute atomic E-state index is 12.2. The Morgan fingerprint density at radius 2 is 2.23 bits per heavy atom. The monoisotopic (exact) mass is 325 g/mol. The van der Waals surface area contributed by atoms with Crippen molar-refractivity contribution in [3.63, 3.8) is 0 Å². The summed E-state index contributed by atoms with van der Waals surface area (Å²) in [7, 11) is 0. The standard InChI is InChI=1S/C14H23N5O2S/c1-10(13(20)15-9-12-7-4-8-21-12)22-14-16-17-18-19(14)11-5-2-3-6-11/h10-12H,2-9H2,1H3,(H,15,20). The Morgan fingerprint density at radius 3 is 2.95 bits per heavy atom. The molecule has 1 saturated carbocycles. The molecule has 0 bridgehead atoms. The number of carbonyl (C=O) groups is 1. The van der Waals surface area contributed by atoms with E-state index >= 15 is 0 Å². The van der Waals surface area contributed by atoms with E-state index in [9.17, 15) is 4.79 Å². The SMILES string of the molecule is CC(Sc1nnnn1C1CCCC1)C(=O)NCC1CCCO1. The van der Waals surface area contributed by atoms with Crippen LogP contribution < -0.4 is 5.32 Å². The molecule has 8 heteroatoms. The van der Waals surface area contributed by atoms with Crippen LogP contribution in [-0.2, 0) is 9.53 Å². The summed E-state index contributed by atoms with van der Waals surface area (Å²) in [4.78, 5) is 12.2. The van der Waals surface area contributed by atoms with E-state index in [4.69, 9.17) is 4.74 Å². The van der Waals surface area contributed by atoms with Crippen molar-refractivity contribution in [1.29, 1.82) is 0 Å². The molecule has 1 aliphatic carbocycles. The first-order valence-corrected chi connectivity index (χ1v) is 8.96. The van der Waals surface area contributed by atoms with Gasteiger partial charge in [-0.2, -0.15) is 0 Å². The fourth-order valence-corrected chi connectivity index (χ4v) is 3.90. The average molecular weight is 325 g/mol. The molecule has 2 fully saturated rings. The summed E-state index contributed by atoms with van der Waals surface area (Å²) in [5.41, 5.74) is 0. The number of tetrazole rings is 1. The van der Waals surface area contributed by atoms with Crippen molar-refractivity contribution in [3.8, 4) is 0 Å². The quantitative estimate of drug-likeness (QED) is 0.799. The lowest BCUT2D eigenvalue weighted by Crippen LogP contribution is -2.36. The third kappa shape index (κ3) is 3.78. The van der Waals surface area contributed by atoms with Gasteiger partial charge in [0.2, 0.25) is 11.1 Å². The van der Waals surface area contributed by atoms with E-state index in [2.05, 4.69) is 20.8 Å². The fraction of sp³-hybridized carbons (Fsp3) is 0.857. The zero-order chi connectivity index (χ0) is 15.4. The number of ether oxygens (including phenoxy) is 1. The molecule has 22 heavy (non-hydrogen) atoms. The van der Waals surface area contributed by atoms with Crippen molar-refractivity contribution in [1.82, 2.24) is 25.5 Å². The van der Waals surface area contributed by atoms with Crippen LogP contribution in [0.2, 0.25) is 0 Å². The largest absolute Gasteiger partial charge is 0.376 e. The molecule has 0 spiro atoms. The Balaban J connectivity index is 1.51. The van der Waals surface area contributed by atoms with Crippen molar-refractivity contribution in [2.45, 2.75) is 68.0 Å². The molecule has 1 aliphatic heterocycles. The summed E-state index contributed by atoms with van der Waals surface area (Å²) >= 11 is 1.43. The maximum Gasteiger partial charge on any atom is 0.233 e. The molecule has 1 N–H and O–H groups in total. The van der Waals surface area contributed by atoms with E-state index in [-0.39, 0.29) is 17.3 Å². The van der Waals surface area contributed by atoms with Crippen LogP contribution in [0.1, 0.15) is 51.5 Å². The first-order valence-electron chi connectivity index (χ1n) is 8.08. The van der Waals surface area contributed by atoms with Crippen LogP contribution in [0.3, 0.4) is 0 Å². The Kier molecular flexibility index (Phi) is 5.30. The number of nitrogens with zero attached hydrogens (tertiary/aromatic N) is 4. The Hall–Kier alpha value is -1.15. The minimum absolute atomic E-state index is 0.0153. The van der Waals surface area contributed by atoms with Gasteiger partial charge in [-0.25, -0.2) is 4.68 Å². The van der Waals surface area contributed by atoms with Gasteiger partial charge in [0.05, 0.1) is 17.4 Å². The third-order valence-corrected chi connectivity index (χ3v) is 5.36. The van der Waals surface area contributed by atoms with Gasteiger partial charge in [-0.05, 0) is 43.0 Å². The van der Waals surface area contributed by atoms with E-state index in [0.717, 1.165) is 37.4 Å². The minimum Gasteiger partial charge on any atom is -0.376 e. The van der Waals surface area contributed by atoms with Crippen LogP contribution in [0.4, 0.5) is 0 Å². The highest BCUT2D eigenvalue weighted by Gasteiger charge is 2.25. The van der Waals surface area contributed by atoms with Gasteiger partial charge in [0, 0.05) is 13.2 Å². The van der Waals surface area contributed by atoms with E-state index < -0.39 is 0 Å². The number of hydrogen-bond donors (Lipinski definition) is 1. The molecule has 2 atom stereocenters. The maximum atomic E-state index is 12.2. The van der Waals surface area contributed by atoms with Gasteiger partial charge in [0.15, 0.2) is 0 Å². The molecule has 122 valence electrons. The molecule has 1 aromatic rings. The van der Waals surface area contributed by atoms with Gasteiger partial charge in [-0.3, -0.25) is 4.79 Å². The minimum atomic E-state index is -0.215. The Morgan fingerprint density at radius 1 is 1.41 bits per heavy atom. The van der Waals surface area contributed by atoms with Gasteiger partial charge >= 0.3 is 0 Å². The molecule has 0 aromatic carbocycles. The first-order chi connectivity index (χ1) is 10.7. The normalized spacial score (nSPS) is 23.8. The summed E-state index contributed by atoms with van der Waals surface area (Å²) in [6.45, 7) is 3.29. The molecule has 0 radical (unpaired) electrons. The summed E-state index contributed by atoms with van der Waals surface area (Å²) in [5.74, 6) is 0.0153. The highest BCUT2D eigenvalue weighted by Crippen LogP contribution is 2.32. The van der Waals surface area contributed by atoms with Crippen LogP contribution in [0.5, 0.6) is 0 Å². The van der Waals surface area contributed by atoms with Gasteiger partial charge < -0.3 is 10.1 Å². The molecule has 7 nitrogen and oxygen atoms in total. The Bertz CT molecular complexity index is 497. The number of aromatic nitrogens is 4. The zero-order valence-corrected chi connectivity index (χ0v) is 13.7. The van der Waals surface area contributed by atoms with E-state index in [1.807, 2.05) is 11.6 Å². The predicted molar refractivity (Wildman–Crippen MR) is 82.6 cm³/mol. The molecular formula is C14H23N5O2S. The molecule has 2 unspecified atom stereocenters. The number of thioether (sulfide) groups is 1. The summed E-state index contributed by atoms with van der Waals surface area (Å²) in [5, 5.41) is 15.5. The molecule has 1 aromatic heterocycles. The predicted octanol–water partition coefficient (Wildman–Crippen LogP) is 1.56. The highest BCUT2D eigenvalue weighted by atomic mass is 32.2. The van der Waals surface area contributed by atoms with Gasteiger partial charge in [0.25, 0.3) is 0 Å². The Labute approximate surface area is 134 Å². The van der Waals surface area contributed by atoms with Crippen molar-refractivity contribution in [2.75, 3.05) is 13.2 Å². The van der Waals surface area contributed by atoms with Crippen molar-refractivity contribution in [2.24, 2.45) is 0 Å². The van der Waals surface area contributed by atoms with Gasteiger partial charge in [0.1, 0.15) is 0 Å². The second-order valence-electron chi connectivity index (χ2n) is 5.98. The smallest absolute Gasteiger partial charge is 0.233 e. The lowest BCUT2D eigenvalue weighted by atomic mass is 10.2. The molecule has 1 saturated heterocycles. The van der Waals surface area contributed by atoms with Crippen molar-refractivity contribution in [3.05, 3.63) is 0 Å². The molecular weight excluding hydrogens is 302 g/mol. The van der Waals surface area contributed by atoms with Gasteiger partial charge in [-0.1, -0.05) is 24.6 Å². The zero-order valence-electron chi connectivity index (χ0n) is 12.9. The van der Waals surface area contributed by atoms with E-state index in [0.29, 0.717) is 12.6 Å². The number of nitrogens with one attached hydrogen (secondary N) is 1. The topological polar surface area (TPSA) is 81.9 Å². The number of rotatable bonds is 6. The van der Waals surface area contributed by atoms with Crippen LogP contribution in [0.25, 0.3) is 0 Å². The molecule has 1 amide bonds. The van der Waals surface area contributed by atoms with Crippen LogP contribution in [0.15, 0.2) is 5.16 Å². The third-order valence-electron chi connectivity index (χ3n) is 4.31. The summed E-state index contributed by atoms with van der Waals surface area (Å²) in [6.07, 6.45) is 6.99. The fourth-order valence-electron chi connectivity index (χ4n) is 3.02. The number of carbonyl (C=O) groups excluding carboxylic acids is 1. The van der Waals surface area contributed by atoms with Gasteiger partial charge in [-0.15, -0.1) is 5.10 Å². The second kappa shape index (κ2) is 7.41. The molecule has 2 aliphatic rings. The van der Waals surface area contributed by atoms with Crippen molar-refractivity contribution >= 4 is 17.7 Å². The van der Waals surface area contributed by atoms with E-state index in [1.165, 1.54) is 24.6 Å². The van der Waals surface area contributed by atoms with Crippen molar-refractivity contribution < 1.29 is 9.53 Å². The second-order valence-corrected chi connectivity index (χ2v) is 7.29. The average Bonchev–Trinajstić information content (AvgIpc) is 3.25.